The second-order valence-corrected chi connectivity index (χ2v) is 6.06. The Morgan fingerprint density at radius 2 is 1.82 bits per heavy atom. The third-order valence-corrected chi connectivity index (χ3v) is 4.42. The Balaban J connectivity index is 1.66. The molecule has 1 aromatic rings. The summed E-state index contributed by atoms with van der Waals surface area (Å²) in [5.74, 6) is 0. The van der Waals surface area contributed by atoms with Crippen LogP contribution >= 0.6 is 0 Å². The van der Waals surface area contributed by atoms with Gasteiger partial charge in [0.05, 0.1) is 16.8 Å². The lowest BCUT2D eigenvalue weighted by Gasteiger charge is -2.33. The van der Waals surface area contributed by atoms with Gasteiger partial charge in [0.2, 0.25) is 0 Å². The van der Waals surface area contributed by atoms with Crippen molar-refractivity contribution in [2.75, 3.05) is 18.4 Å². The van der Waals surface area contributed by atoms with Crippen molar-refractivity contribution in [3.8, 4) is 6.07 Å². The van der Waals surface area contributed by atoms with E-state index in [0.717, 1.165) is 44.1 Å². The molecule has 0 aromatic heterocycles. The Morgan fingerprint density at radius 3 is 2.36 bits per heavy atom. The molecule has 2 aliphatic rings. The summed E-state index contributed by atoms with van der Waals surface area (Å²) in [6.45, 7) is 2.04. The maximum atomic E-state index is 12.7. The molecule has 1 aromatic carbocycles. The van der Waals surface area contributed by atoms with Crippen LogP contribution in [0.2, 0.25) is 0 Å². The van der Waals surface area contributed by atoms with Crippen molar-refractivity contribution in [2.45, 2.75) is 43.9 Å². The highest BCUT2D eigenvalue weighted by Crippen LogP contribution is 2.33. The zero-order valence-electron chi connectivity index (χ0n) is 12.2. The van der Waals surface area contributed by atoms with E-state index in [2.05, 4.69) is 10.2 Å². The molecule has 0 spiro atoms. The van der Waals surface area contributed by atoms with Gasteiger partial charge < -0.3 is 10.2 Å². The lowest BCUT2D eigenvalue weighted by Crippen LogP contribution is -2.40. The SMILES string of the molecule is N#Cc1cc(C(F)(F)F)ccc1NC1CCN(C2CC2)CC1. The molecule has 1 N–H and O–H groups in total. The van der Waals surface area contributed by atoms with Gasteiger partial charge in [0.15, 0.2) is 0 Å². The molecule has 0 amide bonds. The van der Waals surface area contributed by atoms with Crippen LogP contribution in [0, 0.1) is 11.3 Å². The minimum Gasteiger partial charge on any atom is -0.381 e. The molecular formula is C16H18F3N3. The van der Waals surface area contributed by atoms with Gasteiger partial charge in [-0.1, -0.05) is 0 Å². The number of rotatable bonds is 3. The average Bonchev–Trinajstić information content (AvgIpc) is 3.32. The zero-order valence-corrected chi connectivity index (χ0v) is 12.2. The fraction of sp³-hybridized carbons (Fsp3) is 0.562. The molecule has 1 heterocycles. The largest absolute Gasteiger partial charge is 0.416 e. The third-order valence-electron chi connectivity index (χ3n) is 4.42. The van der Waals surface area contributed by atoms with E-state index >= 15 is 0 Å². The Kier molecular flexibility index (Phi) is 4.00. The molecule has 22 heavy (non-hydrogen) atoms. The maximum Gasteiger partial charge on any atom is 0.416 e. The molecule has 1 saturated carbocycles. The summed E-state index contributed by atoms with van der Waals surface area (Å²) in [4.78, 5) is 2.48. The van der Waals surface area contributed by atoms with Gasteiger partial charge in [0.25, 0.3) is 0 Å². The van der Waals surface area contributed by atoms with Crippen molar-refractivity contribution >= 4 is 5.69 Å². The van der Waals surface area contributed by atoms with Crippen LogP contribution < -0.4 is 5.32 Å². The van der Waals surface area contributed by atoms with Gasteiger partial charge in [-0.3, -0.25) is 0 Å². The number of anilines is 1. The smallest absolute Gasteiger partial charge is 0.381 e. The number of nitriles is 1. The summed E-state index contributed by atoms with van der Waals surface area (Å²) in [7, 11) is 0. The number of nitrogens with one attached hydrogen (secondary N) is 1. The van der Waals surface area contributed by atoms with E-state index in [4.69, 9.17) is 5.26 Å². The average molecular weight is 309 g/mol. The van der Waals surface area contributed by atoms with Crippen LogP contribution in [0.15, 0.2) is 18.2 Å². The Labute approximate surface area is 127 Å². The second kappa shape index (κ2) is 5.81. The van der Waals surface area contributed by atoms with Crippen LogP contribution in [0.1, 0.15) is 36.8 Å². The van der Waals surface area contributed by atoms with Crippen LogP contribution in [-0.4, -0.2) is 30.1 Å². The zero-order chi connectivity index (χ0) is 15.7. The lowest BCUT2D eigenvalue weighted by atomic mass is 10.0. The summed E-state index contributed by atoms with van der Waals surface area (Å²) in [6.07, 6.45) is 0.0790. The quantitative estimate of drug-likeness (QED) is 0.927. The van der Waals surface area contributed by atoms with Gasteiger partial charge >= 0.3 is 6.18 Å². The molecule has 2 fully saturated rings. The van der Waals surface area contributed by atoms with Crippen molar-refractivity contribution in [3.05, 3.63) is 29.3 Å². The van der Waals surface area contributed by atoms with Crippen molar-refractivity contribution in [1.29, 1.82) is 5.26 Å². The van der Waals surface area contributed by atoms with Gasteiger partial charge in [0, 0.05) is 25.2 Å². The fourth-order valence-electron chi connectivity index (χ4n) is 3.01. The van der Waals surface area contributed by atoms with Crippen LogP contribution in [0.5, 0.6) is 0 Å². The topological polar surface area (TPSA) is 39.1 Å². The first-order valence-corrected chi connectivity index (χ1v) is 7.59. The monoisotopic (exact) mass is 309 g/mol. The standard InChI is InChI=1S/C16H18F3N3/c17-16(18,19)12-1-4-15(11(9-12)10-20)21-13-5-7-22(8-6-13)14-2-3-14/h1,4,9,13-14,21H,2-3,5-8H2. The highest BCUT2D eigenvalue weighted by Gasteiger charge is 2.33. The summed E-state index contributed by atoms with van der Waals surface area (Å²) >= 11 is 0. The fourth-order valence-corrected chi connectivity index (χ4v) is 3.01. The number of halogens is 3. The summed E-state index contributed by atoms with van der Waals surface area (Å²) in [5.41, 5.74) is -0.224. The molecule has 3 rings (SSSR count). The Hall–Kier alpha value is -1.74. The Bertz CT molecular complexity index is 579. The van der Waals surface area contributed by atoms with Gasteiger partial charge in [-0.05, 0) is 43.9 Å². The second-order valence-electron chi connectivity index (χ2n) is 6.06. The Morgan fingerprint density at radius 1 is 1.14 bits per heavy atom. The van der Waals surface area contributed by atoms with Crippen LogP contribution in [0.25, 0.3) is 0 Å². The predicted molar refractivity (Wildman–Crippen MR) is 77.4 cm³/mol. The van der Waals surface area contributed by atoms with Crippen molar-refractivity contribution in [2.24, 2.45) is 0 Å². The normalized spacial score (nSPS) is 20.6. The molecule has 1 aliphatic heterocycles. The summed E-state index contributed by atoms with van der Waals surface area (Å²) in [6, 6.07) is 6.15. The number of hydrogen-bond donors (Lipinski definition) is 1. The van der Waals surface area contributed by atoms with Gasteiger partial charge in [-0.15, -0.1) is 0 Å². The highest BCUT2D eigenvalue weighted by molar-refractivity contribution is 5.59. The molecule has 118 valence electrons. The molecular weight excluding hydrogens is 291 g/mol. The van der Waals surface area contributed by atoms with Gasteiger partial charge in [-0.2, -0.15) is 18.4 Å². The van der Waals surface area contributed by atoms with Crippen LogP contribution in [0.3, 0.4) is 0 Å². The van der Waals surface area contributed by atoms with E-state index in [-0.39, 0.29) is 11.6 Å². The van der Waals surface area contributed by atoms with E-state index in [0.29, 0.717) is 5.69 Å². The van der Waals surface area contributed by atoms with Crippen molar-refractivity contribution < 1.29 is 13.2 Å². The first-order chi connectivity index (χ1) is 10.5. The molecule has 1 aliphatic carbocycles. The minimum absolute atomic E-state index is 0.0550. The van der Waals surface area contributed by atoms with E-state index in [1.807, 2.05) is 6.07 Å². The van der Waals surface area contributed by atoms with Gasteiger partial charge in [-0.25, -0.2) is 0 Å². The first-order valence-electron chi connectivity index (χ1n) is 7.59. The van der Waals surface area contributed by atoms with E-state index in [1.165, 1.54) is 18.9 Å². The predicted octanol–water partition coefficient (Wildman–Crippen LogP) is 3.62. The lowest BCUT2D eigenvalue weighted by molar-refractivity contribution is -0.137. The maximum absolute atomic E-state index is 12.7. The number of likely N-dealkylation sites (tertiary alicyclic amines) is 1. The minimum atomic E-state index is -4.42. The highest BCUT2D eigenvalue weighted by atomic mass is 19.4. The third kappa shape index (κ3) is 3.36. The number of alkyl halides is 3. The summed E-state index contributed by atoms with van der Waals surface area (Å²) < 4.78 is 38.1. The van der Waals surface area contributed by atoms with E-state index in [1.54, 1.807) is 0 Å². The molecule has 0 unspecified atom stereocenters. The molecule has 0 bridgehead atoms. The number of benzene rings is 1. The molecule has 6 heteroatoms. The molecule has 0 radical (unpaired) electrons. The first kappa shape index (κ1) is 15.2. The molecule has 1 saturated heterocycles. The van der Waals surface area contributed by atoms with Crippen LogP contribution in [0.4, 0.5) is 18.9 Å². The van der Waals surface area contributed by atoms with Gasteiger partial charge in [0.1, 0.15) is 6.07 Å². The number of piperidine rings is 1. The molecule has 3 nitrogen and oxygen atoms in total. The number of nitrogens with zero attached hydrogens (tertiary/aromatic N) is 2. The van der Waals surface area contributed by atoms with Crippen LogP contribution in [-0.2, 0) is 6.18 Å². The molecule has 0 atom stereocenters. The number of hydrogen-bond acceptors (Lipinski definition) is 3. The van der Waals surface area contributed by atoms with Crippen molar-refractivity contribution in [3.63, 3.8) is 0 Å². The summed E-state index contributed by atoms with van der Waals surface area (Å²) in [5, 5.41) is 12.3. The van der Waals surface area contributed by atoms with Crippen molar-refractivity contribution in [1.82, 2.24) is 4.90 Å². The van der Waals surface area contributed by atoms with E-state index in [9.17, 15) is 13.2 Å². The van der Waals surface area contributed by atoms with E-state index < -0.39 is 11.7 Å².